The SMILES string of the molecule is CC(C)(C)C(N)C(=O)Nc1cn[nH]c1. The van der Waals surface area contributed by atoms with E-state index in [0.29, 0.717) is 5.69 Å². The van der Waals surface area contributed by atoms with E-state index >= 15 is 0 Å². The van der Waals surface area contributed by atoms with Gasteiger partial charge in [-0.25, -0.2) is 0 Å². The Morgan fingerprint density at radius 2 is 2.29 bits per heavy atom. The summed E-state index contributed by atoms with van der Waals surface area (Å²) in [5.41, 5.74) is 6.16. The van der Waals surface area contributed by atoms with Crippen LogP contribution in [0.25, 0.3) is 0 Å². The van der Waals surface area contributed by atoms with E-state index < -0.39 is 6.04 Å². The van der Waals surface area contributed by atoms with Crippen molar-refractivity contribution in [2.24, 2.45) is 11.1 Å². The van der Waals surface area contributed by atoms with Crippen LogP contribution in [0.4, 0.5) is 5.69 Å². The molecule has 1 aromatic rings. The summed E-state index contributed by atoms with van der Waals surface area (Å²) in [4.78, 5) is 11.6. The van der Waals surface area contributed by atoms with Crippen LogP contribution in [0, 0.1) is 5.41 Å². The fraction of sp³-hybridized carbons (Fsp3) is 0.556. The second-order valence-electron chi connectivity index (χ2n) is 4.32. The minimum absolute atomic E-state index is 0.195. The maximum absolute atomic E-state index is 11.6. The van der Waals surface area contributed by atoms with E-state index in [1.165, 1.54) is 6.20 Å². The number of amides is 1. The van der Waals surface area contributed by atoms with Gasteiger partial charge in [0.15, 0.2) is 0 Å². The molecular formula is C9H16N4O. The third-order valence-electron chi connectivity index (χ3n) is 1.98. The fourth-order valence-corrected chi connectivity index (χ4v) is 0.933. The molecule has 0 saturated heterocycles. The van der Waals surface area contributed by atoms with Crippen molar-refractivity contribution in [1.29, 1.82) is 0 Å². The first-order valence-electron chi connectivity index (χ1n) is 4.46. The summed E-state index contributed by atoms with van der Waals surface area (Å²) in [6, 6.07) is -0.530. The number of hydrogen-bond acceptors (Lipinski definition) is 3. The second kappa shape index (κ2) is 3.79. The van der Waals surface area contributed by atoms with Gasteiger partial charge in [0.25, 0.3) is 0 Å². The van der Waals surface area contributed by atoms with Gasteiger partial charge < -0.3 is 11.1 Å². The average molecular weight is 196 g/mol. The topological polar surface area (TPSA) is 83.8 Å². The van der Waals surface area contributed by atoms with Gasteiger partial charge in [0.1, 0.15) is 0 Å². The van der Waals surface area contributed by atoms with E-state index in [0.717, 1.165) is 0 Å². The van der Waals surface area contributed by atoms with Gasteiger partial charge in [0.2, 0.25) is 5.91 Å². The molecule has 1 unspecified atom stereocenters. The van der Waals surface area contributed by atoms with Gasteiger partial charge in [-0.1, -0.05) is 20.8 Å². The Hall–Kier alpha value is -1.36. The lowest BCUT2D eigenvalue weighted by Crippen LogP contribution is -2.45. The van der Waals surface area contributed by atoms with Gasteiger partial charge in [-0.15, -0.1) is 0 Å². The standard InChI is InChI=1S/C9H16N4O/c1-9(2,3)7(10)8(14)13-6-4-11-12-5-6/h4-5,7H,10H2,1-3H3,(H,11,12)(H,13,14). The highest BCUT2D eigenvalue weighted by molar-refractivity contribution is 5.94. The Balaban J connectivity index is 2.59. The number of aromatic amines is 1. The van der Waals surface area contributed by atoms with Crippen LogP contribution in [0.2, 0.25) is 0 Å². The van der Waals surface area contributed by atoms with Crippen molar-refractivity contribution in [3.63, 3.8) is 0 Å². The summed E-state index contributed by atoms with van der Waals surface area (Å²) in [5.74, 6) is -0.195. The molecule has 0 spiro atoms. The number of carbonyl (C=O) groups excluding carboxylic acids is 1. The van der Waals surface area contributed by atoms with Crippen LogP contribution >= 0.6 is 0 Å². The van der Waals surface area contributed by atoms with E-state index in [-0.39, 0.29) is 11.3 Å². The molecule has 5 nitrogen and oxygen atoms in total. The third-order valence-corrected chi connectivity index (χ3v) is 1.98. The molecule has 0 aromatic carbocycles. The lowest BCUT2D eigenvalue weighted by Gasteiger charge is -2.25. The molecule has 5 heteroatoms. The molecule has 14 heavy (non-hydrogen) atoms. The van der Waals surface area contributed by atoms with Crippen LogP contribution in [-0.2, 0) is 4.79 Å². The molecule has 0 aliphatic rings. The lowest BCUT2D eigenvalue weighted by atomic mass is 9.87. The highest BCUT2D eigenvalue weighted by atomic mass is 16.2. The number of rotatable bonds is 2. The van der Waals surface area contributed by atoms with Crippen molar-refractivity contribution in [3.8, 4) is 0 Å². The molecule has 1 heterocycles. The zero-order chi connectivity index (χ0) is 10.8. The molecular weight excluding hydrogens is 180 g/mol. The molecule has 0 radical (unpaired) electrons. The Kier molecular flexibility index (Phi) is 2.90. The van der Waals surface area contributed by atoms with Crippen molar-refractivity contribution >= 4 is 11.6 Å². The van der Waals surface area contributed by atoms with Crippen LogP contribution in [0.3, 0.4) is 0 Å². The summed E-state index contributed by atoms with van der Waals surface area (Å²) >= 11 is 0. The smallest absolute Gasteiger partial charge is 0.241 e. The van der Waals surface area contributed by atoms with Gasteiger partial charge >= 0.3 is 0 Å². The normalized spacial score (nSPS) is 13.7. The molecule has 4 N–H and O–H groups in total. The third kappa shape index (κ3) is 2.56. The van der Waals surface area contributed by atoms with Gasteiger partial charge in [-0.3, -0.25) is 9.89 Å². The van der Waals surface area contributed by atoms with Crippen LogP contribution in [0.15, 0.2) is 12.4 Å². The monoisotopic (exact) mass is 196 g/mol. The number of H-pyrrole nitrogens is 1. The average Bonchev–Trinajstić information content (AvgIpc) is 2.53. The number of anilines is 1. The highest BCUT2D eigenvalue weighted by Gasteiger charge is 2.27. The predicted molar refractivity (Wildman–Crippen MR) is 54.6 cm³/mol. The first-order chi connectivity index (χ1) is 6.41. The Bertz CT molecular complexity index is 299. The van der Waals surface area contributed by atoms with Gasteiger partial charge in [0, 0.05) is 6.20 Å². The van der Waals surface area contributed by atoms with Crippen molar-refractivity contribution in [3.05, 3.63) is 12.4 Å². The van der Waals surface area contributed by atoms with E-state index in [1.807, 2.05) is 20.8 Å². The molecule has 0 aliphatic heterocycles. The van der Waals surface area contributed by atoms with Crippen LogP contribution < -0.4 is 11.1 Å². The number of nitrogens with zero attached hydrogens (tertiary/aromatic N) is 1. The maximum atomic E-state index is 11.6. The van der Waals surface area contributed by atoms with E-state index in [9.17, 15) is 4.79 Å². The maximum Gasteiger partial charge on any atom is 0.241 e. The molecule has 0 aliphatic carbocycles. The minimum atomic E-state index is -0.530. The second-order valence-corrected chi connectivity index (χ2v) is 4.32. The lowest BCUT2D eigenvalue weighted by molar-refractivity contribution is -0.119. The number of nitrogens with two attached hydrogens (primary N) is 1. The van der Waals surface area contributed by atoms with Crippen molar-refractivity contribution in [2.45, 2.75) is 26.8 Å². The summed E-state index contributed by atoms with van der Waals surface area (Å²) in [5, 5.41) is 8.99. The molecule has 78 valence electrons. The minimum Gasteiger partial charge on any atom is -0.322 e. The van der Waals surface area contributed by atoms with Gasteiger partial charge in [-0.05, 0) is 5.41 Å². The largest absolute Gasteiger partial charge is 0.322 e. The number of hydrogen-bond donors (Lipinski definition) is 3. The molecule has 0 bridgehead atoms. The zero-order valence-electron chi connectivity index (χ0n) is 8.66. The molecule has 1 amide bonds. The predicted octanol–water partition coefficient (Wildman–Crippen LogP) is 0.722. The summed E-state index contributed by atoms with van der Waals surface area (Å²) < 4.78 is 0. The van der Waals surface area contributed by atoms with Crippen LogP contribution in [-0.4, -0.2) is 22.1 Å². The Morgan fingerprint density at radius 3 is 2.71 bits per heavy atom. The van der Waals surface area contributed by atoms with E-state index in [4.69, 9.17) is 5.73 Å². The van der Waals surface area contributed by atoms with Crippen molar-refractivity contribution in [2.75, 3.05) is 5.32 Å². The Labute approximate surface area is 83.1 Å². The molecule has 1 aromatic heterocycles. The highest BCUT2D eigenvalue weighted by Crippen LogP contribution is 2.18. The number of carbonyl (C=O) groups is 1. The van der Waals surface area contributed by atoms with Gasteiger partial charge in [0.05, 0.1) is 17.9 Å². The van der Waals surface area contributed by atoms with Crippen LogP contribution in [0.1, 0.15) is 20.8 Å². The first-order valence-corrected chi connectivity index (χ1v) is 4.46. The van der Waals surface area contributed by atoms with Crippen LogP contribution in [0.5, 0.6) is 0 Å². The fourth-order valence-electron chi connectivity index (χ4n) is 0.933. The molecule has 0 saturated carbocycles. The quantitative estimate of drug-likeness (QED) is 0.651. The van der Waals surface area contributed by atoms with Gasteiger partial charge in [-0.2, -0.15) is 5.10 Å². The van der Waals surface area contributed by atoms with Crippen molar-refractivity contribution < 1.29 is 4.79 Å². The number of aromatic nitrogens is 2. The number of nitrogens with one attached hydrogen (secondary N) is 2. The molecule has 1 rings (SSSR count). The first kappa shape index (κ1) is 10.7. The van der Waals surface area contributed by atoms with Crippen molar-refractivity contribution in [1.82, 2.24) is 10.2 Å². The zero-order valence-corrected chi connectivity index (χ0v) is 8.66. The van der Waals surface area contributed by atoms with E-state index in [1.54, 1.807) is 6.20 Å². The molecule has 0 fully saturated rings. The summed E-state index contributed by atoms with van der Waals surface area (Å²) in [7, 11) is 0. The summed E-state index contributed by atoms with van der Waals surface area (Å²) in [6.07, 6.45) is 3.14. The van der Waals surface area contributed by atoms with E-state index in [2.05, 4.69) is 15.5 Å². The molecule has 1 atom stereocenters. The Morgan fingerprint density at radius 1 is 1.64 bits per heavy atom. The summed E-state index contributed by atoms with van der Waals surface area (Å²) in [6.45, 7) is 5.77.